The average molecular weight is 397 g/mol. The quantitative estimate of drug-likeness (QED) is 0.733. The van der Waals surface area contributed by atoms with E-state index in [-0.39, 0.29) is 11.9 Å². The lowest BCUT2D eigenvalue weighted by Crippen LogP contribution is -2.43. The Kier molecular flexibility index (Phi) is 5.48. The molecule has 0 spiro atoms. The van der Waals surface area contributed by atoms with Crippen LogP contribution in [0.4, 0.5) is 0 Å². The topological polar surface area (TPSA) is 99.3 Å². The summed E-state index contributed by atoms with van der Waals surface area (Å²) in [5.41, 5.74) is 3.64. The molecule has 1 unspecified atom stereocenters. The highest BCUT2D eigenvalue weighted by molar-refractivity contribution is 5.97. The number of amides is 1. The summed E-state index contributed by atoms with van der Waals surface area (Å²) in [6, 6.07) is 5.64. The van der Waals surface area contributed by atoms with E-state index in [2.05, 4.69) is 44.7 Å². The van der Waals surface area contributed by atoms with Crippen LogP contribution in [0.3, 0.4) is 0 Å². The van der Waals surface area contributed by atoms with Gasteiger partial charge in [-0.2, -0.15) is 0 Å². The molecule has 4 rings (SSSR count). The van der Waals surface area contributed by atoms with Gasteiger partial charge in [-0.15, -0.1) is 5.10 Å². The molecule has 1 atom stereocenters. The molecule has 2 aromatic rings. The van der Waals surface area contributed by atoms with Crippen LogP contribution in [0.2, 0.25) is 0 Å². The fourth-order valence-electron chi connectivity index (χ4n) is 4.09. The molecule has 1 aromatic carbocycles. The van der Waals surface area contributed by atoms with Crippen LogP contribution in [0.1, 0.15) is 38.3 Å². The summed E-state index contributed by atoms with van der Waals surface area (Å²) in [5.74, 6) is 1.33. The van der Waals surface area contributed by atoms with Crippen molar-refractivity contribution in [2.45, 2.75) is 32.7 Å². The molecule has 9 nitrogen and oxygen atoms in total. The Morgan fingerprint density at radius 3 is 2.86 bits per heavy atom. The average Bonchev–Trinajstić information content (AvgIpc) is 3.35. The Balaban J connectivity index is 1.75. The van der Waals surface area contributed by atoms with Crippen LogP contribution in [0.15, 0.2) is 29.5 Å². The van der Waals surface area contributed by atoms with Gasteiger partial charge in [0.1, 0.15) is 11.4 Å². The smallest absolute Gasteiger partial charge is 0.268 e. The Bertz CT molecular complexity index is 910. The van der Waals surface area contributed by atoms with Crippen molar-refractivity contribution in [3.8, 4) is 17.1 Å². The summed E-state index contributed by atoms with van der Waals surface area (Å²) >= 11 is 0. The van der Waals surface area contributed by atoms with E-state index >= 15 is 0 Å². The molecule has 1 aromatic heterocycles. The van der Waals surface area contributed by atoms with E-state index < -0.39 is 0 Å². The molecule has 3 heterocycles. The first-order chi connectivity index (χ1) is 14.1. The zero-order valence-electron chi connectivity index (χ0n) is 17.1. The van der Waals surface area contributed by atoms with E-state index in [1.54, 1.807) is 0 Å². The molecule has 0 radical (unpaired) electrons. The minimum absolute atomic E-state index is 0.0307. The second-order valence-electron chi connectivity index (χ2n) is 7.52. The maximum Gasteiger partial charge on any atom is 0.268 e. The number of ether oxygens (including phenoxy) is 1. The predicted molar refractivity (Wildman–Crippen MR) is 108 cm³/mol. The molecule has 9 heteroatoms. The van der Waals surface area contributed by atoms with Crippen molar-refractivity contribution in [2.75, 3.05) is 33.4 Å². The minimum Gasteiger partial charge on any atom is -0.493 e. The van der Waals surface area contributed by atoms with Gasteiger partial charge in [0.15, 0.2) is 5.82 Å². The van der Waals surface area contributed by atoms with Gasteiger partial charge in [-0.25, -0.2) is 5.10 Å². The Labute approximate surface area is 170 Å². The van der Waals surface area contributed by atoms with Crippen molar-refractivity contribution in [3.05, 3.63) is 35.0 Å². The highest BCUT2D eigenvalue weighted by Crippen LogP contribution is 2.39. The van der Waals surface area contributed by atoms with E-state index in [9.17, 15) is 4.79 Å². The molecule has 0 saturated carbocycles. The molecule has 154 valence electrons. The number of aromatic nitrogens is 4. The van der Waals surface area contributed by atoms with Crippen molar-refractivity contribution in [1.82, 2.24) is 35.7 Å². The third kappa shape index (κ3) is 3.69. The first kappa shape index (κ1) is 19.4. The van der Waals surface area contributed by atoms with Gasteiger partial charge in [-0.3, -0.25) is 9.69 Å². The number of aromatic amines is 1. The number of carbonyl (C=O) groups is 1. The van der Waals surface area contributed by atoms with E-state index in [0.29, 0.717) is 12.4 Å². The molecule has 0 fully saturated rings. The van der Waals surface area contributed by atoms with E-state index in [1.165, 1.54) is 0 Å². The zero-order valence-corrected chi connectivity index (χ0v) is 17.1. The van der Waals surface area contributed by atoms with Gasteiger partial charge in [-0.1, -0.05) is 13.8 Å². The Morgan fingerprint density at radius 1 is 1.28 bits per heavy atom. The van der Waals surface area contributed by atoms with Gasteiger partial charge in [0.25, 0.3) is 5.91 Å². The van der Waals surface area contributed by atoms with Gasteiger partial charge in [0.2, 0.25) is 0 Å². The largest absolute Gasteiger partial charge is 0.493 e. The van der Waals surface area contributed by atoms with Crippen LogP contribution in [0.25, 0.3) is 11.4 Å². The molecule has 0 aliphatic carbocycles. The predicted octanol–water partition coefficient (Wildman–Crippen LogP) is 1.70. The summed E-state index contributed by atoms with van der Waals surface area (Å²) in [6.07, 6.45) is 1.98. The number of likely N-dealkylation sites (N-methyl/N-ethyl adjacent to an activating group) is 1. The van der Waals surface area contributed by atoms with Gasteiger partial charge >= 0.3 is 0 Å². The van der Waals surface area contributed by atoms with E-state index in [0.717, 1.165) is 60.7 Å². The van der Waals surface area contributed by atoms with Crippen molar-refractivity contribution < 1.29 is 9.53 Å². The summed E-state index contributed by atoms with van der Waals surface area (Å²) < 4.78 is 6.02. The second-order valence-corrected chi connectivity index (χ2v) is 7.52. The van der Waals surface area contributed by atoms with Crippen molar-refractivity contribution >= 4 is 5.91 Å². The summed E-state index contributed by atoms with van der Waals surface area (Å²) in [6.45, 7) is 7.37. The van der Waals surface area contributed by atoms with Crippen LogP contribution in [0.5, 0.6) is 5.75 Å². The van der Waals surface area contributed by atoms with Gasteiger partial charge < -0.3 is 15.0 Å². The summed E-state index contributed by atoms with van der Waals surface area (Å²) in [4.78, 5) is 17.2. The lowest BCUT2D eigenvalue weighted by molar-refractivity contribution is -0.118. The molecule has 29 heavy (non-hydrogen) atoms. The first-order valence-corrected chi connectivity index (χ1v) is 10.1. The number of benzene rings is 1. The Morgan fingerprint density at radius 2 is 2.14 bits per heavy atom. The number of nitrogens with zero attached hydrogens (tertiary/aromatic N) is 5. The second kappa shape index (κ2) is 8.20. The Hall–Kier alpha value is -2.94. The summed E-state index contributed by atoms with van der Waals surface area (Å²) in [7, 11) is 1.98. The standard InChI is InChI=1S/C20H27N7O2/c1-4-8-27-11-15-17(21-20(28)18(15)26(3)12-27)14-10-13(19-22-24-25-23-19)6-7-16(14)29-9-5-2/h6-7,10,17H,4-5,8-9,11-12H2,1-3H3,(H,21,28)(H,22,23,24,25). The molecular weight excluding hydrogens is 370 g/mol. The molecule has 2 aliphatic heterocycles. The molecule has 2 aliphatic rings. The third-order valence-corrected chi connectivity index (χ3v) is 5.27. The van der Waals surface area contributed by atoms with Crippen molar-refractivity contribution in [1.29, 1.82) is 0 Å². The van der Waals surface area contributed by atoms with Gasteiger partial charge in [0, 0.05) is 24.7 Å². The monoisotopic (exact) mass is 397 g/mol. The van der Waals surface area contributed by atoms with Crippen LogP contribution >= 0.6 is 0 Å². The van der Waals surface area contributed by atoms with Crippen molar-refractivity contribution in [3.63, 3.8) is 0 Å². The maximum absolute atomic E-state index is 12.8. The molecule has 0 saturated heterocycles. The third-order valence-electron chi connectivity index (χ3n) is 5.27. The molecule has 2 N–H and O–H groups in total. The highest BCUT2D eigenvalue weighted by Gasteiger charge is 2.39. The minimum atomic E-state index is -0.234. The van der Waals surface area contributed by atoms with Gasteiger partial charge in [-0.05, 0) is 53.6 Å². The lowest BCUT2D eigenvalue weighted by Gasteiger charge is -2.35. The van der Waals surface area contributed by atoms with Gasteiger partial charge in [0.05, 0.1) is 19.3 Å². The maximum atomic E-state index is 12.8. The number of carbonyl (C=O) groups excluding carboxylic acids is 1. The van der Waals surface area contributed by atoms with Crippen LogP contribution < -0.4 is 10.1 Å². The van der Waals surface area contributed by atoms with E-state index in [1.807, 2.05) is 30.1 Å². The van der Waals surface area contributed by atoms with Crippen LogP contribution in [0, 0.1) is 0 Å². The lowest BCUT2D eigenvalue weighted by atomic mass is 9.95. The molecule has 0 bridgehead atoms. The van der Waals surface area contributed by atoms with Crippen molar-refractivity contribution in [2.24, 2.45) is 0 Å². The highest BCUT2D eigenvalue weighted by atomic mass is 16.5. The molecular formula is C20H27N7O2. The number of hydrogen-bond donors (Lipinski definition) is 2. The van der Waals surface area contributed by atoms with Crippen LogP contribution in [-0.2, 0) is 4.79 Å². The number of nitrogens with one attached hydrogen (secondary N) is 2. The van der Waals surface area contributed by atoms with E-state index in [4.69, 9.17) is 4.74 Å². The van der Waals surface area contributed by atoms with Crippen LogP contribution in [-0.4, -0.2) is 69.7 Å². The number of H-pyrrole nitrogens is 1. The molecule has 1 amide bonds. The fourth-order valence-corrected chi connectivity index (χ4v) is 4.09. The SMILES string of the molecule is CCCOc1ccc(-c2nnn[nH]2)cc1C1NC(=O)C2=C1CN(CCC)CN2C. The zero-order chi connectivity index (χ0) is 20.4. The normalized spacial score (nSPS) is 19.5. The number of rotatable bonds is 7. The summed E-state index contributed by atoms with van der Waals surface area (Å²) in [5, 5.41) is 17.3. The number of hydrogen-bond acceptors (Lipinski definition) is 7. The number of tetrazole rings is 1. The fraction of sp³-hybridized carbons (Fsp3) is 0.500. The first-order valence-electron chi connectivity index (χ1n) is 10.1.